The molecular formula is C13H20N2O4S. The summed E-state index contributed by atoms with van der Waals surface area (Å²) in [5, 5.41) is -0.156. The van der Waals surface area contributed by atoms with Crippen LogP contribution in [0.4, 0.5) is 0 Å². The van der Waals surface area contributed by atoms with Crippen LogP contribution in [0.3, 0.4) is 0 Å². The summed E-state index contributed by atoms with van der Waals surface area (Å²) in [5.74, 6) is 0.0295. The molecule has 112 valence electrons. The summed E-state index contributed by atoms with van der Waals surface area (Å²) in [6.45, 7) is 6.60. The summed E-state index contributed by atoms with van der Waals surface area (Å²) in [6.07, 6.45) is 1.55. The van der Waals surface area contributed by atoms with Crippen molar-refractivity contribution in [2.24, 2.45) is 0 Å². The van der Waals surface area contributed by atoms with E-state index in [1.807, 2.05) is 0 Å². The van der Waals surface area contributed by atoms with Gasteiger partial charge in [0.2, 0.25) is 5.09 Å². The van der Waals surface area contributed by atoms with E-state index in [9.17, 15) is 13.2 Å². The molecule has 1 atom stereocenters. The number of hydrogen-bond acceptors (Lipinski definition) is 5. The summed E-state index contributed by atoms with van der Waals surface area (Å²) < 4.78 is 31.2. The van der Waals surface area contributed by atoms with Crippen molar-refractivity contribution in [3.05, 3.63) is 17.9 Å². The topological polar surface area (TPSA) is 70.8 Å². The normalized spacial score (nSPS) is 19.9. The molecule has 0 aliphatic carbocycles. The van der Waals surface area contributed by atoms with Crippen LogP contribution in [0.2, 0.25) is 0 Å². The molecular weight excluding hydrogens is 280 g/mol. The number of carbonyl (C=O) groups is 1. The molecule has 6 nitrogen and oxygen atoms in total. The van der Waals surface area contributed by atoms with Gasteiger partial charge in [-0.05, 0) is 25.5 Å². The lowest BCUT2D eigenvalue weighted by Crippen LogP contribution is -2.51. The number of aldehydes is 1. The Morgan fingerprint density at radius 3 is 2.45 bits per heavy atom. The lowest BCUT2D eigenvalue weighted by molar-refractivity contribution is 0.109. The Hall–Kier alpha value is -1.18. The molecule has 0 radical (unpaired) electrons. The second-order valence-corrected chi connectivity index (χ2v) is 6.84. The molecule has 20 heavy (non-hydrogen) atoms. The molecule has 0 aromatic carbocycles. The van der Waals surface area contributed by atoms with Crippen molar-refractivity contribution < 1.29 is 17.6 Å². The second-order valence-electron chi connectivity index (χ2n) is 4.97. The molecule has 1 aromatic rings. The number of rotatable bonds is 5. The maximum atomic E-state index is 12.4. The lowest BCUT2D eigenvalue weighted by Gasteiger charge is -2.36. The van der Waals surface area contributed by atoms with Crippen LogP contribution in [-0.2, 0) is 10.0 Å². The fourth-order valence-electron chi connectivity index (χ4n) is 2.31. The van der Waals surface area contributed by atoms with E-state index in [0.29, 0.717) is 25.4 Å². The number of carbonyl (C=O) groups excluding carboxylic acids is 1. The van der Waals surface area contributed by atoms with Gasteiger partial charge in [-0.25, -0.2) is 8.42 Å². The molecule has 0 saturated carbocycles. The zero-order valence-electron chi connectivity index (χ0n) is 11.8. The van der Waals surface area contributed by atoms with E-state index in [1.165, 1.54) is 16.4 Å². The van der Waals surface area contributed by atoms with Crippen LogP contribution in [0.15, 0.2) is 21.6 Å². The van der Waals surface area contributed by atoms with Crippen molar-refractivity contribution in [2.45, 2.75) is 31.4 Å². The fourth-order valence-corrected chi connectivity index (χ4v) is 3.65. The van der Waals surface area contributed by atoms with Crippen LogP contribution >= 0.6 is 0 Å². The van der Waals surface area contributed by atoms with Crippen molar-refractivity contribution in [3.63, 3.8) is 0 Å². The maximum Gasteiger partial charge on any atom is 0.276 e. The van der Waals surface area contributed by atoms with Crippen molar-refractivity contribution in [2.75, 3.05) is 26.2 Å². The molecule has 1 aromatic heterocycles. The minimum absolute atomic E-state index is 0.0295. The highest BCUT2D eigenvalue weighted by atomic mass is 32.2. The van der Waals surface area contributed by atoms with Gasteiger partial charge in [-0.15, -0.1) is 0 Å². The van der Waals surface area contributed by atoms with Gasteiger partial charge in [-0.3, -0.25) is 9.69 Å². The fraction of sp³-hybridized carbons (Fsp3) is 0.615. The van der Waals surface area contributed by atoms with Gasteiger partial charge in [0.1, 0.15) is 0 Å². The Labute approximate surface area is 119 Å². The van der Waals surface area contributed by atoms with E-state index in [-0.39, 0.29) is 10.9 Å². The average molecular weight is 300 g/mol. The van der Waals surface area contributed by atoms with Crippen molar-refractivity contribution in [1.82, 2.24) is 9.21 Å². The van der Waals surface area contributed by atoms with E-state index in [1.54, 1.807) is 0 Å². The molecule has 1 unspecified atom stereocenters. The number of furan rings is 1. The lowest BCUT2D eigenvalue weighted by atomic mass is 10.2. The Morgan fingerprint density at radius 2 is 1.95 bits per heavy atom. The Morgan fingerprint density at radius 1 is 1.30 bits per heavy atom. The average Bonchev–Trinajstić information content (AvgIpc) is 2.96. The van der Waals surface area contributed by atoms with Crippen molar-refractivity contribution in [1.29, 1.82) is 0 Å². The number of hydrogen-bond donors (Lipinski definition) is 0. The highest BCUT2D eigenvalue weighted by Crippen LogP contribution is 2.20. The third-order valence-electron chi connectivity index (χ3n) is 3.80. The second kappa shape index (κ2) is 6.07. The van der Waals surface area contributed by atoms with Crippen LogP contribution in [0.25, 0.3) is 0 Å². The number of sulfonamides is 1. The van der Waals surface area contributed by atoms with Gasteiger partial charge in [0.25, 0.3) is 10.0 Å². The van der Waals surface area contributed by atoms with Crippen molar-refractivity contribution >= 4 is 16.3 Å². The first kappa shape index (κ1) is 15.2. The molecule has 1 saturated heterocycles. The standard InChI is InChI=1S/C13H20N2O4S/c1-3-11(2)14-6-8-15(9-7-14)20(17,18)13-5-4-12(10-16)19-13/h4-5,10-11H,3,6-9H2,1-2H3. The molecule has 1 fully saturated rings. The van der Waals surface area contributed by atoms with Gasteiger partial charge < -0.3 is 4.42 Å². The van der Waals surface area contributed by atoms with Gasteiger partial charge >= 0.3 is 0 Å². The molecule has 1 aliphatic rings. The van der Waals surface area contributed by atoms with Crippen LogP contribution in [0, 0.1) is 0 Å². The van der Waals surface area contributed by atoms with E-state index in [0.717, 1.165) is 19.5 Å². The summed E-state index contributed by atoms with van der Waals surface area (Å²) in [5.41, 5.74) is 0. The van der Waals surface area contributed by atoms with Crippen molar-refractivity contribution in [3.8, 4) is 0 Å². The van der Waals surface area contributed by atoms with Gasteiger partial charge in [-0.2, -0.15) is 4.31 Å². The maximum absolute atomic E-state index is 12.4. The zero-order valence-corrected chi connectivity index (χ0v) is 12.6. The predicted octanol–water partition coefficient (Wildman–Crippen LogP) is 1.20. The molecule has 7 heteroatoms. The molecule has 0 spiro atoms. The predicted molar refractivity (Wildman–Crippen MR) is 74.2 cm³/mol. The van der Waals surface area contributed by atoms with Crippen LogP contribution < -0.4 is 0 Å². The third kappa shape index (κ3) is 2.94. The quantitative estimate of drug-likeness (QED) is 0.764. The summed E-state index contributed by atoms with van der Waals surface area (Å²) in [4.78, 5) is 12.8. The largest absolute Gasteiger partial charge is 0.440 e. The number of piperazine rings is 1. The summed E-state index contributed by atoms with van der Waals surface area (Å²) in [6, 6.07) is 3.17. The van der Waals surface area contributed by atoms with Gasteiger partial charge in [0.15, 0.2) is 12.0 Å². The van der Waals surface area contributed by atoms with E-state index in [4.69, 9.17) is 4.42 Å². The Balaban J connectivity index is 2.07. The van der Waals surface area contributed by atoms with E-state index >= 15 is 0 Å². The number of nitrogens with zero attached hydrogens (tertiary/aromatic N) is 2. The highest BCUT2D eigenvalue weighted by Gasteiger charge is 2.31. The van der Waals surface area contributed by atoms with Crippen LogP contribution in [-0.4, -0.2) is 56.1 Å². The summed E-state index contributed by atoms with van der Waals surface area (Å²) in [7, 11) is -3.63. The monoisotopic (exact) mass is 300 g/mol. The Kier molecular flexibility index (Phi) is 4.62. The Bertz CT molecular complexity index is 559. The van der Waals surface area contributed by atoms with E-state index in [2.05, 4.69) is 18.7 Å². The van der Waals surface area contributed by atoms with Crippen LogP contribution in [0.1, 0.15) is 30.8 Å². The van der Waals surface area contributed by atoms with Crippen LogP contribution in [0.5, 0.6) is 0 Å². The molecule has 1 aliphatic heterocycles. The van der Waals surface area contributed by atoms with Gasteiger partial charge in [0.05, 0.1) is 0 Å². The minimum Gasteiger partial charge on any atom is -0.440 e. The highest BCUT2D eigenvalue weighted by molar-refractivity contribution is 7.89. The molecule has 0 amide bonds. The van der Waals surface area contributed by atoms with E-state index < -0.39 is 10.0 Å². The first-order valence-corrected chi connectivity index (χ1v) is 8.22. The minimum atomic E-state index is -3.63. The smallest absolute Gasteiger partial charge is 0.276 e. The molecule has 2 rings (SSSR count). The van der Waals surface area contributed by atoms with Gasteiger partial charge in [0, 0.05) is 32.2 Å². The zero-order chi connectivity index (χ0) is 14.8. The SMILES string of the molecule is CCC(C)N1CCN(S(=O)(=O)c2ccc(C=O)o2)CC1. The first-order chi connectivity index (χ1) is 9.48. The third-order valence-corrected chi connectivity index (χ3v) is 5.57. The molecule has 2 heterocycles. The van der Waals surface area contributed by atoms with Gasteiger partial charge in [-0.1, -0.05) is 6.92 Å². The first-order valence-electron chi connectivity index (χ1n) is 6.78. The molecule has 0 bridgehead atoms. The molecule has 0 N–H and O–H groups in total. The summed E-state index contributed by atoms with van der Waals surface area (Å²) >= 11 is 0.